The third-order valence-corrected chi connectivity index (χ3v) is 4.60. The number of carbonyl (C=O) groups excluding carboxylic acids is 2. The number of carbonyl (C=O) groups is 2. The van der Waals surface area contributed by atoms with Crippen molar-refractivity contribution in [1.29, 1.82) is 0 Å². The molecule has 0 fully saturated rings. The normalized spacial score (nSPS) is 10.4. The molecular weight excluding hydrogens is 369 g/mol. The molecule has 6 nitrogen and oxygen atoms in total. The van der Waals surface area contributed by atoms with Crippen molar-refractivity contribution in [2.75, 3.05) is 17.7 Å². The first kappa shape index (κ1) is 18.5. The van der Waals surface area contributed by atoms with Gasteiger partial charge in [0.15, 0.2) is 5.13 Å². The van der Waals surface area contributed by atoms with Gasteiger partial charge in [-0.3, -0.25) is 4.79 Å². The number of esters is 1. The average molecular weight is 385 g/mol. The summed E-state index contributed by atoms with van der Waals surface area (Å²) in [5, 5.41) is 3.41. The number of anilines is 3. The lowest BCUT2D eigenvalue weighted by Gasteiger charge is -2.03. The quantitative estimate of drug-likeness (QED) is 0.492. The second-order valence-electron chi connectivity index (χ2n) is 5.49. The SMILES string of the molecule is CCOC(=O)c1ccc(C(=O)c2sc(Nc3ccc(F)cc3)nc2N)cc1. The lowest BCUT2D eigenvalue weighted by atomic mass is 10.1. The zero-order chi connectivity index (χ0) is 19.4. The van der Waals surface area contributed by atoms with E-state index in [2.05, 4.69) is 10.3 Å². The molecule has 0 atom stereocenters. The molecule has 1 aromatic heterocycles. The molecule has 0 saturated carbocycles. The summed E-state index contributed by atoms with van der Waals surface area (Å²) in [6, 6.07) is 11.9. The van der Waals surface area contributed by atoms with Crippen molar-refractivity contribution in [1.82, 2.24) is 4.98 Å². The van der Waals surface area contributed by atoms with Crippen LogP contribution >= 0.6 is 11.3 Å². The minimum atomic E-state index is -0.445. The summed E-state index contributed by atoms with van der Waals surface area (Å²) >= 11 is 1.10. The summed E-state index contributed by atoms with van der Waals surface area (Å²) in [6.07, 6.45) is 0. The van der Waals surface area contributed by atoms with Crippen LogP contribution in [0.1, 0.15) is 32.5 Å². The van der Waals surface area contributed by atoms with Crippen LogP contribution in [0.2, 0.25) is 0 Å². The van der Waals surface area contributed by atoms with Gasteiger partial charge in [0.25, 0.3) is 0 Å². The number of nitrogens with one attached hydrogen (secondary N) is 1. The molecule has 3 N–H and O–H groups in total. The number of nitrogens with two attached hydrogens (primary N) is 1. The van der Waals surface area contributed by atoms with E-state index in [0.717, 1.165) is 11.3 Å². The van der Waals surface area contributed by atoms with Crippen LogP contribution < -0.4 is 11.1 Å². The van der Waals surface area contributed by atoms with Gasteiger partial charge in [0.1, 0.15) is 16.5 Å². The second-order valence-corrected chi connectivity index (χ2v) is 6.49. The Morgan fingerprint density at radius 2 is 1.74 bits per heavy atom. The number of hydrogen-bond donors (Lipinski definition) is 2. The van der Waals surface area contributed by atoms with E-state index in [1.807, 2.05) is 0 Å². The maximum atomic E-state index is 13.0. The molecule has 0 spiro atoms. The molecule has 0 radical (unpaired) electrons. The van der Waals surface area contributed by atoms with E-state index in [4.69, 9.17) is 10.5 Å². The van der Waals surface area contributed by atoms with Crippen LogP contribution in [0.25, 0.3) is 0 Å². The topological polar surface area (TPSA) is 94.3 Å². The van der Waals surface area contributed by atoms with Crippen LogP contribution in [0.4, 0.5) is 21.0 Å². The molecule has 0 aliphatic carbocycles. The van der Waals surface area contributed by atoms with Gasteiger partial charge in [0, 0.05) is 11.3 Å². The molecule has 0 aliphatic rings. The van der Waals surface area contributed by atoms with E-state index in [1.165, 1.54) is 24.3 Å². The van der Waals surface area contributed by atoms with E-state index in [9.17, 15) is 14.0 Å². The Labute approximate surface area is 158 Å². The molecule has 2 aromatic carbocycles. The standard InChI is InChI=1S/C19H16FN3O3S/c1-2-26-18(25)12-5-3-11(4-6-12)15(24)16-17(21)23-19(27-16)22-14-9-7-13(20)8-10-14/h3-10H,2,21H2,1H3,(H,22,23). The fraction of sp³-hybridized carbons (Fsp3) is 0.105. The van der Waals surface area contributed by atoms with Gasteiger partial charge in [-0.1, -0.05) is 23.5 Å². The Kier molecular flexibility index (Phi) is 5.46. The van der Waals surface area contributed by atoms with Crippen LogP contribution in [-0.4, -0.2) is 23.3 Å². The number of nitrogens with zero attached hydrogens (tertiary/aromatic N) is 1. The third-order valence-electron chi connectivity index (χ3n) is 3.61. The Balaban J connectivity index is 1.77. The zero-order valence-electron chi connectivity index (χ0n) is 14.4. The van der Waals surface area contributed by atoms with Crippen LogP contribution in [-0.2, 0) is 4.74 Å². The number of hydrogen-bond acceptors (Lipinski definition) is 7. The van der Waals surface area contributed by atoms with Crippen LogP contribution in [0, 0.1) is 5.82 Å². The highest BCUT2D eigenvalue weighted by atomic mass is 32.1. The Morgan fingerprint density at radius 3 is 2.37 bits per heavy atom. The number of ether oxygens (including phenoxy) is 1. The van der Waals surface area contributed by atoms with E-state index in [-0.39, 0.29) is 28.9 Å². The first-order chi connectivity index (χ1) is 13.0. The van der Waals surface area contributed by atoms with Gasteiger partial charge in [0.2, 0.25) is 5.78 Å². The van der Waals surface area contributed by atoms with Crippen molar-refractivity contribution in [3.8, 4) is 0 Å². The summed E-state index contributed by atoms with van der Waals surface area (Å²) in [7, 11) is 0. The molecule has 0 unspecified atom stereocenters. The Morgan fingerprint density at radius 1 is 1.11 bits per heavy atom. The number of halogens is 1. The minimum absolute atomic E-state index is 0.101. The maximum Gasteiger partial charge on any atom is 0.338 e. The number of rotatable bonds is 6. The summed E-state index contributed by atoms with van der Waals surface area (Å²) in [4.78, 5) is 28.8. The van der Waals surface area contributed by atoms with Crippen molar-refractivity contribution in [3.05, 3.63) is 70.4 Å². The fourth-order valence-corrected chi connectivity index (χ4v) is 3.17. The minimum Gasteiger partial charge on any atom is -0.462 e. The van der Waals surface area contributed by atoms with Gasteiger partial charge in [-0.05, 0) is 43.3 Å². The summed E-state index contributed by atoms with van der Waals surface area (Å²) in [5.41, 5.74) is 7.25. The predicted molar refractivity (Wildman–Crippen MR) is 102 cm³/mol. The lowest BCUT2D eigenvalue weighted by molar-refractivity contribution is 0.0526. The number of aromatic nitrogens is 1. The number of benzene rings is 2. The van der Waals surface area contributed by atoms with Gasteiger partial charge in [-0.15, -0.1) is 0 Å². The molecule has 0 bridgehead atoms. The van der Waals surface area contributed by atoms with Crippen LogP contribution in [0.5, 0.6) is 0 Å². The highest BCUT2D eigenvalue weighted by molar-refractivity contribution is 7.18. The molecule has 1 heterocycles. The van der Waals surface area contributed by atoms with Gasteiger partial charge in [-0.25, -0.2) is 14.2 Å². The van der Waals surface area contributed by atoms with E-state index in [0.29, 0.717) is 21.9 Å². The molecule has 0 amide bonds. The second kappa shape index (κ2) is 7.96. The van der Waals surface area contributed by atoms with Gasteiger partial charge >= 0.3 is 5.97 Å². The largest absolute Gasteiger partial charge is 0.462 e. The third kappa shape index (κ3) is 4.29. The van der Waals surface area contributed by atoms with Crippen molar-refractivity contribution in [2.45, 2.75) is 6.92 Å². The summed E-state index contributed by atoms with van der Waals surface area (Å²) in [5.74, 6) is -0.988. The molecule has 0 aliphatic heterocycles. The van der Waals surface area contributed by atoms with E-state index >= 15 is 0 Å². The first-order valence-corrected chi connectivity index (χ1v) is 8.90. The Bertz CT molecular complexity index is 969. The Hall–Kier alpha value is -3.26. The van der Waals surface area contributed by atoms with Crippen molar-refractivity contribution >= 4 is 39.7 Å². The van der Waals surface area contributed by atoms with Gasteiger partial charge in [-0.2, -0.15) is 0 Å². The molecular formula is C19H16FN3O3S. The van der Waals surface area contributed by atoms with E-state index < -0.39 is 5.97 Å². The maximum absolute atomic E-state index is 13.0. The summed E-state index contributed by atoms with van der Waals surface area (Å²) in [6.45, 7) is 2.00. The van der Waals surface area contributed by atoms with Crippen molar-refractivity contribution < 1.29 is 18.7 Å². The molecule has 27 heavy (non-hydrogen) atoms. The predicted octanol–water partition coefficient (Wildman–Crippen LogP) is 4.02. The van der Waals surface area contributed by atoms with Crippen molar-refractivity contribution in [3.63, 3.8) is 0 Å². The van der Waals surface area contributed by atoms with Crippen LogP contribution in [0.3, 0.4) is 0 Å². The van der Waals surface area contributed by atoms with Gasteiger partial charge < -0.3 is 15.8 Å². The molecule has 0 saturated heterocycles. The molecule has 138 valence electrons. The molecule has 8 heteroatoms. The average Bonchev–Trinajstić information content (AvgIpc) is 3.03. The first-order valence-electron chi connectivity index (χ1n) is 8.08. The zero-order valence-corrected chi connectivity index (χ0v) is 15.2. The monoisotopic (exact) mass is 385 g/mol. The van der Waals surface area contributed by atoms with E-state index in [1.54, 1.807) is 31.2 Å². The van der Waals surface area contributed by atoms with Crippen molar-refractivity contribution in [2.24, 2.45) is 0 Å². The van der Waals surface area contributed by atoms with Crippen LogP contribution in [0.15, 0.2) is 48.5 Å². The summed E-state index contributed by atoms with van der Waals surface area (Å²) < 4.78 is 17.9. The number of thiazole rings is 1. The molecule has 3 rings (SSSR count). The highest BCUT2D eigenvalue weighted by Gasteiger charge is 2.19. The number of nitrogen functional groups attached to an aromatic ring is 1. The lowest BCUT2D eigenvalue weighted by Crippen LogP contribution is -2.06. The fourth-order valence-electron chi connectivity index (χ4n) is 2.31. The van der Waals surface area contributed by atoms with Gasteiger partial charge in [0.05, 0.1) is 12.2 Å². The highest BCUT2D eigenvalue weighted by Crippen LogP contribution is 2.29. The number of ketones is 1. The smallest absolute Gasteiger partial charge is 0.338 e. The molecule has 3 aromatic rings.